The molecule has 0 spiro atoms. The van der Waals surface area contributed by atoms with Gasteiger partial charge in [-0.15, -0.1) is 15.3 Å². The van der Waals surface area contributed by atoms with Crippen LogP contribution in [0, 0.1) is 0 Å². The highest BCUT2D eigenvalue weighted by atomic mass is 32.2. The first-order valence-electron chi connectivity index (χ1n) is 8.94. The van der Waals surface area contributed by atoms with Crippen LogP contribution in [0.2, 0.25) is 0 Å². The fourth-order valence-corrected chi connectivity index (χ4v) is 4.02. The lowest BCUT2D eigenvalue weighted by atomic mass is 10.3. The summed E-state index contributed by atoms with van der Waals surface area (Å²) in [6, 6.07) is 0.578. The molecule has 2 aliphatic rings. The van der Waals surface area contributed by atoms with Gasteiger partial charge in [0, 0.05) is 25.7 Å². The molecule has 0 aromatic carbocycles. The fourth-order valence-electron chi connectivity index (χ4n) is 3.09. The summed E-state index contributed by atoms with van der Waals surface area (Å²) < 4.78 is 4.26. The summed E-state index contributed by atoms with van der Waals surface area (Å²) in [7, 11) is 0. The topological polar surface area (TPSA) is 77.5 Å². The van der Waals surface area contributed by atoms with E-state index in [2.05, 4.69) is 42.1 Å². The Kier molecular flexibility index (Phi) is 4.68. The van der Waals surface area contributed by atoms with E-state index in [0.717, 1.165) is 55.2 Å². The molecule has 0 N–H and O–H groups in total. The molecule has 1 aliphatic heterocycles. The van der Waals surface area contributed by atoms with Crippen molar-refractivity contribution in [3.8, 4) is 0 Å². The third kappa shape index (κ3) is 3.26. The number of hydrogen-bond donors (Lipinski definition) is 0. The Hall–Kier alpha value is -1.64. The zero-order valence-corrected chi connectivity index (χ0v) is 15.0. The molecule has 4 rings (SSSR count). The Morgan fingerprint density at radius 2 is 1.96 bits per heavy atom. The van der Waals surface area contributed by atoms with Crippen molar-refractivity contribution in [2.75, 3.05) is 18.0 Å². The van der Waals surface area contributed by atoms with Gasteiger partial charge in [-0.05, 0) is 42.5 Å². The van der Waals surface area contributed by atoms with Gasteiger partial charge < -0.3 is 4.90 Å². The van der Waals surface area contributed by atoms with Gasteiger partial charge in [0.2, 0.25) is 5.95 Å². The first kappa shape index (κ1) is 15.9. The number of tetrazole rings is 1. The maximum Gasteiger partial charge on any atom is 0.228 e. The van der Waals surface area contributed by atoms with Gasteiger partial charge >= 0.3 is 0 Å². The summed E-state index contributed by atoms with van der Waals surface area (Å²) >= 11 is 1.70. The summed E-state index contributed by atoms with van der Waals surface area (Å²) in [5.41, 5.74) is 0. The summed E-state index contributed by atoms with van der Waals surface area (Å²) in [5, 5.41) is 22.1. The lowest BCUT2D eigenvalue weighted by molar-refractivity contribution is 0.540. The van der Waals surface area contributed by atoms with Crippen molar-refractivity contribution in [2.24, 2.45) is 0 Å². The molecule has 2 aromatic heterocycles. The molecule has 3 heterocycles. The number of thioether (sulfide) groups is 1. The maximum absolute atomic E-state index is 4.49. The van der Waals surface area contributed by atoms with Gasteiger partial charge in [-0.25, -0.2) is 4.68 Å². The smallest absolute Gasteiger partial charge is 0.228 e. The SMILES string of the molecule is CCCCn1nnnc1CSc1nnc(N2CCCC2)n1C1CC1. The van der Waals surface area contributed by atoms with E-state index in [9.17, 15) is 0 Å². The third-order valence-corrected chi connectivity index (χ3v) is 5.55. The molecular weight excluding hydrogens is 324 g/mol. The van der Waals surface area contributed by atoms with Gasteiger partial charge in [-0.1, -0.05) is 25.1 Å². The van der Waals surface area contributed by atoms with Crippen LogP contribution in [-0.2, 0) is 12.3 Å². The van der Waals surface area contributed by atoms with Gasteiger partial charge in [-0.3, -0.25) is 4.57 Å². The van der Waals surface area contributed by atoms with Crippen molar-refractivity contribution >= 4 is 17.7 Å². The van der Waals surface area contributed by atoms with E-state index in [1.54, 1.807) is 11.8 Å². The zero-order valence-electron chi connectivity index (χ0n) is 14.1. The summed E-state index contributed by atoms with van der Waals surface area (Å²) in [6.07, 6.45) is 7.22. The van der Waals surface area contributed by atoms with E-state index < -0.39 is 0 Å². The molecule has 0 bridgehead atoms. The Morgan fingerprint density at radius 1 is 1.12 bits per heavy atom. The van der Waals surface area contributed by atoms with Crippen LogP contribution >= 0.6 is 11.8 Å². The minimum Gasteiger partial charge on any atom is -0.341 e. The number of hydrogen-bond acceptors (Lipinski definition) is 7. The quantitative estimate of drug-likeness (QED) is 0.677. The molecule has 130 valence electrons. The Morgan fingerprint density at radius 3 is 2.71 bits per heavy atom. The largest absolute Gasteiger partial charge is 0.341 e. The number of rotatable bonds is 8. The average Bonchev–Trinajstić information content (AvgIpc) is 3.03. The third-order valence-electron chi connectivity index (χ3n) is 4.61. The Balaban J connectivity index is 1.48. The van der Waals surface area contributed by atoms with Gasteiger partial charge in [-0.2, -0.15) is 0 Å². The van der Waals surface area contributed by atoms with Crippen LogP contribution in [0.4, 0.5) is 5.95 Å². The molecule has 0 amide bonds. The Labute approximate surface area is 146 Å². The van der Waals surface area contributed by atoms with E-state index in [-0.39, 0.29) is 0 Å². The fraction of sp³-hybridized carbons (Fsp3) is 0.800. The molecule has 9 heteroatoms. The van der Waals surface area contributed by atoms with Crippen molar-refractivity contribution in [3.05, 3.63) is 5.82 Å². The van der Waals surface area contributed by atoms with Crippen LogP contribution in [0.3, 0.4) is 0 Å². The molecule has 0 atom stereocenters. The number of nitrogens with zero attached hydrogens (tertiary/aromatic N) is 8. The van der Waals surface area contributed by atoms with E-state index in [0.29, 0.717) is 6.04 Å². The zero-order chi connectivity index (χ0) is 16.4. The minimum atomic E-state index is 0.578. The Bertz CT molecular complexity index is 671. The van der Waals surface area contributed by atoms with Gasteiger partial charge in [0.05, 0.1) is 5.75 Å². The standard InChI is InChI=1S/C15H24N8S/c1-2-3-10-22-13(16-19-20-22)11-24-15-18-17-14(21-8-4-5-9-21)23(15)12-6-7-12/h12H,2-11H2,1H3. The molecule has 2 aromatic rings. The van der Waals surface area contributed by atoms with Crippen LogP contribution in [0.25, 0.3) is 0 Å². The predicted octanol–water partition coefficient (Wildman–Crippen LogP) is 2.29. The van der Waals surface area contributed by atoms with Crippen molar-refractivity contribution < 1.29 is 0 Å². The summed E-state index contributed by atoms with van der Waals surface area (Å²) in [5.74, 6) is 2.71. The van der Waals surface area contributed by atoms with Crippen LogP contribution < -0.4 is 4.90 Å². The van der Waals surface area contributed by atoms with Crippen molar-refractivity contribution in [1.82, 2.24) is 35.0 Å². The van der Waals surface area contributed by atoms with E-state index in [1.807, 2.05) is 4.68 Å². The normalized spacial score (nSPS) is 17.8. The van der Waals surface area contributed by atoms with Crippen LogP contribution in [0.5, 0.6) is 0 Å². The van der Waals surface area contributed by atoms with E-state index in [4.69, 9.17) is 0 Å². The number of aryl methyl sites for hydroxylation is 1. The molecular formula is C15H24N8S. The van der Waals surface area contributed by atoms with Gasteiger partial charge in [0.1, 0.15) is 0 Å². The monoisotopic (exact) mass is 348 g/mol. The lowest BCUT2D eigenvalue weighted by Crippen LogP contribution is -2.22. The highest BCUT2D eigenvalue weighted by molar-refractivity contribution is 7.98. The predicted molar refractivity (Wildman–Crippen MR) is 92.0 cm³/mol. The van der Waals surface area contributed by atoms with Crippen LogP contribution in [-0.4, -0.2) is 48.1 Å². The highest BCUT2D eigenvalue weighted by Crippen LogP contribution is 2.41. The summed E-state index contributed by atoms with van der Waals surface area (Å²) in [6.45, 7) is 5.26. The van der Waals surface area contributed by atoms with E-state index in [1.165, 1.54) is 25.7 Å². The highest BCUT2D eigenvalue weighted by Gasteiger charge is 2.32. The second kappa shape index (κ2) is 7.08. The molecule has 1 aliphatic carbocycles. The van der Waals surface area contributed by atoms with Gasteiger partial charge in [0.25, 0.3) is 0 Å². The van der Waals surface area contributed by atoms with Crippen molar-refractivity contribution in [2.45, 2.75) is 68.9 Å². The maximum atomic E-state index is 4.49. The van der Waals surface area contributed by atoms with Gasteiger partial charge in [0.15, 0.2) is 11.0 Å². The molecule has 0 radical (unpaired) electrons. The number of anilines is 1. The second-order valence-corrected chi connectivity index (χ2v) is 7.48. The molecule has 8 nitrogen and oxygen atoms in total. The van der Waals surface area contributed by atoms with E-state index >= 15 is 0 Å². The summed E-state index contributed by atoms with van der Waals surface area (Å²) in [4.78, 5) is 2.38. The molecule has 1 saturated carbocycles. The molecule has 2 fully saturated rings. The molecule has 24 heavy (non-hydrogen) atoms. The first-order valence-corrected chi connectivity index (χ1v) is 9.93. The van der Waals surface area contributed by atoms with Crippen molar-refractivity contribution in [1.29, 1.82) is 0 Å². The average molecular weight is 348 g/mol. The number of aromatic nitrogens is 7. The first-order chi connectivity index (χ1) is 11.9. The van der Waals surface area contributed by atoms with Crippen molar-refractivity contribution in [3.63, 3.8) is 0 Å². The van der Waals surface area contributed by atoms with Crippen LogP contribution in [0.15, 0.2) is 5.16 Å². The molecule has 1 saturated heterocycles. The van der Waals surface area contributed by atoms with Crippen LogP contribution in [0.1, 0.15) is 57.3 Å². The number of unbranched alkanes of at least 4 members (excludes halogenated alkanes) is 1. The lowest BCUT2D eigenvalue weighted by Gasteiger charge is -2.17. The minimum absolute atomic E-state index is 0.578. The second-order valence-electron chi connectivity index (χ2n) is 6.54. The molecule has 0 unspecified atom stereocenters.